The molecule has 0 aliphatic carbocycles. The Hall–Kier alpha value is -2.53. The molecule has 1 aliphatic heterocycles. The SMILES string of the molecule is C[C@H]1Oc2ccc(NC(=O)c3ccccc3Cl)cc2NC1=O. The van der Waals surface area contributed by atoms with Gasteiger partial charge in [-0.25, -0.2) is 0 Å². The van der Waals surface area contributed by atoms with Crippen LogP contribution in [0.15, 0.2) is 42.5 Å². The van der Waals surface area contributed by atoms with Crippen LogP contribution in [0.2, 0.25) is 5.02 Å². The molecule has 0 spiro atoms. The van der Waals surface area contributed by atoms with E-state index in [1.807, 2.05) is 0 Å². The van der Waals surface area contributed by atoms with Crippen LogP contribution < -0.4 is 15.4 Å². The first-order valence-electron chi connectivity index (χ1n) is 6.72. The fourth-order valence-electron chi connectivity index (χ4n) is 2.13. The lowest BCUT2D eigenvalue weighted by Gasteiger charge is -2.23. The van der Waals surface area contributed by atoms with Gasteiger partial charge < -0.3 is 15.4 Å². The second-order valence-electron chi connectivity index (χ2n) is 4.89. The number of fused-ring (bicyclic) bond motifs is 1. The van der Waals surface area contributed by atoms with E-state index in [4.69, 9.17) is 16.3 Å². The maximum absolute atomic E-state index is 12.2. The number of hydrogen-bond acceptors (Lipinski definition) is 3. The van der Waals surface area contributed by atoms with Crippen molar-refractivity contribution in [2.75, 3.05) is 10.6 Å². The Balaban J connectivity index is 1.82. The summed E-state index contributed by atoms with van der Waals surface area (Å²) in [6.07, 6.45) is -0.531. The molecule has 2 aromatic rings. The Labute approximate surface area is 132 Å². The van der Waals surface area contributed by atoms with Gasteiger partial charge in [-0.1, -0.05) is 23.7 Å². The van der Waals surface area contributed by atoms with Crippen LogP contribution in [0.1, 0.15) is 17.3 Å². The number of ether oxygens (including phenoxy) is 1. The highest BCUT2D eigenvalue weighted by Crippen LogP contribution is 2.32. The summed E-state index contributed by atoms with van der Waals surface area (Å²) in [4.78, 5) is 23.8. The molecule has 0 saturated carbocycles. The number of carbonyl (C=O) groups is 2. The summed E-state index contributed by atoms with van der Waals surface area (Å²) < 4.78 is 5.46. The molecule has 112 valence electrons. The van der Waals surface area contributed by atoms with E-state index in [0.717, 1.165) is 0 Å². The number of hydrogen-bond donors (Lipinski definition) is 2. The van der Waals surface area contributed by atoms with E-state index in [2.05, 4.69) is 10.6 Å². The molecule has 0 saturated heterocycles. The van der Waals surface area contributed by atoms with Crippen molar-refractivity contribution in [2.45, 2.75) is 13.0 Å². The van der Waals surface area contributed by atoms with Crippen molar-refractivity contribution in [3.63, 3.8) is 0 Å². The third kappa shape index (κ3) is 2.76. The molecule has 0 aromatic heterocycles. The van der Waals surface area contributed by atoms with Crippen molar-refractivity contribution >= 4 is 34.8 Å². The highest BCUT2D eigenvalue weighted by atomic mass is 35.5. The number of halogens is 1. The molecule has 2 amide bonds. The zero-order chi connectivity index (χ0) is 15.7. The van der Waals surface area contributed by atoms with Crippen LogP contribution in [0.4, 0.5) is 11.4 Å². The van der Waals surface area contributed by atoms with Crippen molar-refractivity contribution in [1.82, 2.24) is 0 Å². The molecular formula is C16H13ClN2O3. The fraction of sp³-hybridized carbons (Fsp3) is 0.125. The summed E-state index contributed by atoms with van der Waals surface area (Å²) in [5.41, 5.74) is 1.46. The standard InChI is InChI=1S/C16H13ClN2O3/c1-9-15(20)19-13-8-10(6-7-14(13)22-9)18-16(21)11-4-2-3-5-12(11)17/h2-9H,1H3,(H,18,21)(H,19,20)/t9-/m1/s1. The molecule has 6 heteroatoms. The summed E-state index contributed by atoms with van der Waals surface area (Å²) >= 11 is 6.00. The monoisotopic (exact) mass is 316 g/mol. The van der Waals surface area contributed by atoms with Gasteiger partial charge in [0, 0.05) is 5.69 Å². The molecule has 0 fully saturated rings. The Morgan fingerprint density at radius 3 is 2.82 bits per heavy atom. The number of nitrogens with one attached hydrogen (secondary N) is 2. The van der Waals surface area contributed by atoms with Crippen LogP contribution in [0.5, 0.6) is 5.75 Å². The topological polar surface area (TPSA) is 67.4 Å². The van der Waals surface area contributed by atoms with Gasteiger partial charge in [-0.15, -0.1) is 0 Å². The van der Waals surface area contributed by atoms with E-state index in [1.54, 1.807) is 49.4 Å². The molecule has 1 heterocycles. The van der Waals surface area contributed by atoms with Gasteiger partial charge in [0.1, 0.15) is 5.75 Å². The van der Waals surface area contributed by atoms with E-state index < -0.39 is 6.10 Å². The Morgan fingerprint density at radius 1 is 1.27 bits per heavy atom. The van der Waals surface area contributed by atoms with Crippen molar-refractivity contribution in [3.8, 4) is 5.75 Å². The largest absolute Gasteiger partial charge is 0.479 e. The lowest BCUT2D eigenvalue weighted by Crippen LogP contribution is -2.34. The summed E-state index contributed by atoms with van der Waals surface area (Å²) in [7, 11) is 0. The zero-order valence-corrected chi connectivity index (χ0v) is 12.5. The first-order chi connectivity index (χ1) is 10.5. The molecule has 0 bridgehead atoms. The predicted molar refractivity (Wildman–Crippen MR) is 84.6 cm³/mol. The van der Waals surface area contributed by atoms with Gasteiger partial charge in [0.25, 0.3) is 11.8 Å². The molecule has 3 rings (SSSR count). The first-order valence-corrected chi connectivity index (χ1v) is 7.10. The fourth-order valence-corrected chi connectivity index (χ4v) is 2.35. The average molecular weight is 317 g/mol. The van der Waals surface area contributed by atoms with Crippen molar-refractivity contribution in [3.05, 3.63) is 53.1 Å². The smallest absolute Gasteiger partial charge is 0.265 e. The molecule has 5 nitrogen and oxygen atoms in total. The summed E-state index contributed by atoms with van der Waals surface area (Å²) in [6, 6.07) is 11.8. The third-order valence-corrected chi connectivity index (χ3v) is 3.62. The molecule has 22 heavy (non-hydrogen) atoms. The number of carbonyl (C=O) groups excluding carboxylic acids is 2. The summed E-state index contributed by atoms with van der Waals surface area (Å²) in [5, 5.41) is 5.86. The highest BCUT2D eigenvalue weighted by Gasteiger charge is 2.23. The first kappa shape index (κ1) is 14.4. The Bertz CT molecular complexity index is 761. The molecule has 1 aliphatic rings. The zero-order valence-electron chi connectivity index (χ0n) is 11.7. The van der Waals surface area contributed by atoms with Crippen LogP contribution in [-0.4, -0.2) is 17.9 Å². The molecule has 2 N–H and O–H groups in total. The van der Waals surface area contributed by atoms with E-state index >= 15 is 0 Å². The second-order valence-corrected chi connectivity index (χ2v) is 5.30. The minimum Gasteiger partial charge on any atom is -0.479 e. The van der Waals surface area contributed by atoms with Gasteiger partial charge in [0.05, 0.1) is 16.3 Å². The van der Waals surface area contributed by atoms with Crippen LogP contribution >= 0.6 is 11.6 Å². The lowest BCUT2D eigenvalue weighted by molar-refractivity contribution is -0.122. The van der Waals surface area contributed by atoms with Crippen molar-refractivity contribution < 1.29 is 14.3 Å². The van der Waals surface area contributed by atoms with E-state index in [0.29, 0.717) is 27.7 Å². The Morgan fingerprint density at radius 2 is 2.05 bits per heavy atom. The quantitative estimate of drug-likeness (QED) is 0.893. The highest BCUT2D eigenvalue weighted by molar-refractivity contribution is 6.34. The number of benzene rings is 2. The number of anilines is 2. The van der Waals surface area contributed by atoms with Gasteiger partial charge in [0.15, 0.2) is 6.10 Å². The van der Waals surface area contributed by atoms with E-state index in [1.165, 1.54) is 0 Å². The van der Waals surface area contributed by atoms with E-state index in [-0.39, 0.29) is 11.8 Å². The maximum Gasteiger partial charge on any atom is 0.265 e. The van der Waals surface area contributed by atoms with Gasteiger partial charge in [-0.05, 0) is 37.3 Å². The predicted octanol–water partition coefficient (Wildman–Crippen LogP) is 3.31. The molecule has 0 unspecified atom stereocenters. The van der Waals surface area contributed by atoms with Crippen LogP contribution in [0, 0.1) is 0 Å². The third-order valence-electron chi connectivity index (χ3n) is 3.29. The van der Waals surface area contributed by atoms with E-state index in [9.17, 15) is 9.59 Å². The van der Waals surface area contributed by atoms with Crippen molar-refractivity contribution in [1.29, 1.82) is 0 Å². The van der Waals surface area contributed by atoms with Crippen LogP contribution in [0.25, 0.3) is 0 Å². The summed E-state index contributed by atoms with van der Waals surface area (Å²) in [6.45, 7) is 1.67. The van der Waals surface area contributed by atoms with Gasteiger partial charge in [-0.3, -0.25) is 9.59 Å². The molecule has 2 aromatic carbocycles. The normalized spacial score (nSPS) is 16.3. The van der Waals surface area contributed by atoms with Gasteiger partial charge >= 0.3 is 0 Å². The van der Waals surface area contributed by atoms with Crippen LogP contribution in [-0.2, 0) is 4.79 Å². The molecular weight excluding hydrogens is 304 g/mol. The second kappa shape index (κ2) is 5.69. The minimum absolute atomic E-state index is 0.220. The van der Waals surface area contributed by atoms with Gasteiger partial charge in [-0.2, -0.15) is 0 Å². The average Bonchev–Trinajstić information content (AvgIpc) is 2.49. The molecule has 1 atom stereocenters. The van der Waals surface area contributed by atoms with Gasteiger partial charge in [0.2, 0.25) is 0 Å². The van der Waals surface area contributed by atoms with Crippen molar-refractivity contribution in [2.24, 2.45) is 0 Å². The summed E-state index contributed by atoms with van der Waals surface area (Å²) in [5.74, 6) is 0.0342. The maximum atomic E-state index is 12.2. The lowest BCUT2D eigenvalue weighted by atomic mass is 10.2. The Kier molecular flexibility index (Phi) is 3.73. The molecule has 0 radical (unpaired) electrons. The number of rotatable bonds is 2. The minimum atomic E-state index is -0.531. The number of amides is 2. The van der Waals surface area contributed by atoms with Crippen LogP contribution in [0.3, 0.4) is 0 Å².